The van der Waals surface area contributed by atoms with Crippen LogP contribution in [0.25, 0.3) is 21.5 Å². The molecular formula is C23H23FN4S. The molecule has 3 heterocycles. The zero-order valence-electron chi connectivity index (χ0n) is 16.3. The second kappa shape index (κ2) is 7.69. The smallest absolute Gasteiger partial charge is 0.150 e. The summed E-state index contributed by atoms with van der Waals surface area (Å²) in [6, 6.07) is 15.5. The molecule has 1 aliphatic heterocycles. The van der Waals surface area contributed by atoms with E-state index >= 15 is 0 Å². The standard InChI is InChI=1S/C23H23FN4S/c1-15(22-26-27-23(29-22)18-7-2-4-8-20(18)24)28-12-10-16(11-13-28)19-14-25-21-9-5-3-6-17(19)21/h2-9,14-16,25H,10-13H2,1H3. The quantitative estimate of drug-likeness (QED) is 0.468. The van der Waals surface area contributed by atoms with E-state index in [1.165, 1.54) is 33.9 Å². The molecule has 5 rings (SSSR count). The van der Waals surface area contributed by atoms with Crippen LogP contribution < -0.4 is 0 Å². The molecule has 1 N–H and O–H groups in total. The number of H-pyrrole nitrogens is 1. The van der Waals surface area contributed by atoms with E-state index in [1.54, 1.807) is 12.1 Å². The molecule has 0 amide bonds. The minimum atomic E-state index is -0.248. The maximum atomic E-state index is 14.1. The first-order chi connectivity index (χ1) is 14.2. The molecule has 4 aromatic rings. The summed E-state index contributed by atoms with van der Waals surface area (Å²) in [5, 5.41) is 11.6. The van der Waals surface area contributed by atoms with Crippen LogP contribution in [-0.2, 0) is 0 Å². The van der Waals surface area contributed by atoms with E-state index in [1.807, 2.05) is 6.07 Å². The van der Waals surface area contributed by atoms with Gasteiger partial charge in [0.05, 0.1) is 6.04 Å². The Labute approximate surface area is 173 Å². The number of nitrogens with zero attached hydrogens (tertiary/aromatic N) is 3. The molecule has 1 fully saturated rings. The summed E-state index contributed by atoms with van der Waals surface area (Å²) in [5.74, 6) is 0.334. The summed E-state index contributed by atoms with van der Waals surface area (Å²) in [7, 11) is 0. The lowest BCUT2D eigenvalue weighted by molar-refractivity contribution is 0.162. The van der Waals surface area contributed by atoms with Crippen LogP contribution in [0, 0.1) is 5.82 Å². The number of likely N-dealkylation sites (tertiary alicyclic amines) is 1. The number of nitrogens with one attached hydrogen (secondary N) is 1. The molecule has 0 aliphatic carbocycles. The Morgan fingerprint density at radius 3 is 2.66 bits per heavy atom. The van der Waals surface area contributed by atoms with E-state index in [2.05, 4.69) is 57.5 Å². The Balaban J connectivity index is 1.28. The number of halogens is 1. The predicted octanol–water partition coefficient (Wildman–Crippen LogP) is 5.77. The molecule has 4 nitrogen and oxygen atoms in total. The van der Waals surface area contributed by atoms with Crippen molar-refractivity contribution in [1.82, 2.24) is 20.1 Å². The molecule has 0 bridgehead atoms. The fraction of sp³-hybridized carbons (Fsp3) is 0.304. The van der Waals surface area contributed by atoms with Gasteiger partial charge in [0, 0.05) is 22.7 Å². The topological polar surface area (TPSA) is 44.8 Å². The third-order valence-electron chi connectivity index (χ3n) is 6.04. The number of aromatic amines is 1. The summed E-state index contributed by atoms with van der Waals surface area (Å²) >= 11 is 1.49. The van der Waals surface area contributed by atoms with Crippen molar-refractivity contribution in [1.29, 1.82) is 0 Å². The second-order valence-electron chi connectivity index (χ2n) is 7.70. The minimum Gasteiger partial charge on any atom is -0.361 e. The van der Waals surface area contributed by atoms with Gasteiger partial charge in [0.2, 0.25) is 0 Å². The molecule has 1 unspecified atom stereocenters. The van der Waals surface area contributed by atoms with Crippen molar-refractivity contribution in [3.05, 3.63) is 71.1 Å². The molecule has 6 heteroatoms. The summed E-state index contributed by atoms with van der Waals surface area (Å²) in [6.45, 7) is 4.23. The highest BCUT2D eigenvalue weighted by atomic mass is 32.1. The second-order valence-corrected chi connectivity index (χ2v) is 8.71. The van der Waals surface area contributed by atoms with Crippen LogP contribution in [0.2, 0.25) is 0 Å². The Kier molecular flexibility index (Phi) is 4.89. The van der Waals surface area contributed by atoms with Crippen molar-refractivity contribution >= 4 is 22.2 Å². The lowest BCUT2D eigenvalue weighted by atomic mass is 9.89. The van der Waals surface area contributed by atoms with E-state index in [9.17, 15) is 4.39 Å². The number of hydrogen-bond donors (Lipinski definition) is 1. The van der Waals surface area contributed by atoms with Gasteiger partial charge in [-0.1, -0.05) is 41.7 Å². The van der Waals surface area contributed by atoms with Gasteiger partial charge in [0.25, 0.3) is 0 Å². The maximum absolute atomic E-state index is 14.1. The fourth-order valence-electron chi connectivity index (χ4n) is 4.33. The Bertz CT molecular complexity index is 1130. The molecule has 29 heavy (non-hydrogen) atoms. The van der Waals surface area contributed by atoms with Gasteiger partial charge in [0.15, 0.2) is 5.01 Å². The van der Waals surface area contributed by atoms with Crippen molar-refractivity contribution < 1.29 is 4.39 Å². The average molecular weight is 407 g/mol. The minimum absolute atomic E-state index is 0.192. The van der Waals surface area contributed by atoms with Gasteiger partial charge in [0.1, 0.15) is 10.8 Å². The number of para-hydroxylation sites is 1. The fourth-order valence-corrected chi connectivity index (χ4v) is 5.29. The third-order valence-corrected chi connectivity index (χ3v) is 7.17. The molecule has 0 radical (unpaired) electrons. The number of hydrogen-bond acceptors (Lipinski definition) is 4. The highest BCUT2D eigenvalue weighted by Gasteiger charge is 2.27. The van der Waals surface area contributed by atoms with E-state index < -0.39 is 0 Å². The zero-order valence-corrected chi connectivity index (χ0v) is 17.1. The molecule has 1 atom stereocenters. The molecule has 0 saturated carbocycles. The van der Waals surface area contributed by atoms with Crippen molar-refractivity contribution in [3.8, 4) is 10.6 Å². The van der Waals surface area contributed by atoms with Crippen molar-refractivity contribution in [2.24, 2.45) is 0 Å². The number of rotatable bonds is 4. The largest absolute Gasteiger partial charge is 0.361 e. The Hall–Kier alpha value is -2.57. The van der Waals surface area contributed by atoms with Crippen LogP contribution in [0.3, 0.4) is 0 Å². The summed E-state index contributed by atoms with van der Waals surface area (Å²) < 4.78 is 14.1. The number of piperidine rings is 1. The first-order valence-electron chi connectivity index (χ1n) is 10.1. The van der Waals surface area contributed by atoms with Crippen molar-refractivity contribution in [2.75, 3.05) is 13.1 Å². The zero-order chi connectivity index (χ0) is 19.8. The Morgan fingerprint density at radius 1 is 1.07 bits per heavy atom. The van der Waals surface area contributed by atoms with Crippen LogP contribution in [0.5, 0.6) is 0 Å². The highest BCUT2D eigenvalue weighted by molar-refractivity contribution is 7.14. The van der Waals surface area contributed by atoms with Gasteiger partial charge in [-0.05, 0) is 62.5 Å². The monoisotopic (exact) mass is 406 g/mol. The number of benzene rings is 2. The van der Waals surface area contributed by atoms with Gasteiger partial charge >= 0.3 is 0 Å². The van der Waals surface area contributed by atoms with Gasteiger partial charge in [-0.15, -0.1) is 10.2 Å². The van der Waals surface area contributed by atoms with E-state index in [-0.39, 0.29) is 11.9 Å². The lowest BCUT2D eigenvalue weighted by Gasteiger charge is -2.35. The molecule has 0 spiro atoms. The molecule has 2 aromatic heterocycles. The van der Waals surface area contributed by atoms with Gasteiger partial charge < -0.3 is 4.98 Å². The van der Waals surface area contributed by atoms with Crippen molar-refractivity contribution in [3.63, 3.8) is 0 Å². The molecule has 1 aliphatic rings. The lowest BCUT2D eigenvalue weighted by Crippen LogP contribution is -2.35. The first kappa shape index (κ1) is 18.5. The molecule has 2 aromatic carbocycles. The van der Waals surface area contributed by atoms with Crippen LogP contribution >= 0.6 is 11.3 Å². The summed E-state index contributed by atoms with van der Waals surface area (Å²) in [5.41, 5.74) is 3.18. The maximum Gasteiger partial charge on any atom is 0.150 e. The average Bonchev–Trinajstić information content (AvgIpc) is 3.41. The van der Waals surface area contributed by atoms with Gasteiger partial charge in [-0.2, -0.15) is 0 Å². The Morgan fingerprint density at radius 2 is 1.83 bits per heavy atom. The third kappa shape index (κ3) is 3.47. The molecule has 148 valence electrons. The van der Waals surface area contributed by atoms with E-state index in [4.69, 9.17) is 0 Å². The van der Waals surface area contributed by atoms with E-state index in [0.717, 1.165) is 30.9 Å². The SMILES string of the molecule is CC(c1nnc(-c2ccccc2F)s1)N1CCC(c2c[nH]c3ccccc23)CC1. The van der Waals surface area contributed by atoms with Crippen LogP contribution in [0.15, 0.2) is 54.7 Å². The van der Waals surface area contributed by atoms with Gasteiger partial charge in [-0.25, -0.2) is 4.39 Å². The van der Waals surface area contributed by atoms with Crippen LogP contribution in [-0.4, -0.2) is 33.2 Å². The van der Waals surface area contributed by atoms with E-state index in [0.29, 0.717) is 16.5 Å². The van der Waals surface area contributed by atoms with Crippen LogP contribution in [0.1, 0.15) is 42.3 Å². The summed E-state index contributed by atoms with van der Waals surface area (Å²) in [6.07, 6.45) is 4.44. The van der Waals surface area contributed by atoms with Crippen LogP contribution in [0.4, 0.5) is 4.39 Å². The predicted molar refractivity (Wildman–Crippen MR) is 116 cm³/mol. The number of fused-ring (bicyclic) bond motifs is 1. The number of aromatic nitrogens is 3. The normalized spacial score (nSPS) is 17.0. The summed E-state index contributed by atoms with van der Waals surface area (Å²) in [4.78, 5) is 5.88. The van der Waals surface area contributed by atoms with Crippen molar-refractivity contribution in [2.45, 2.75) is 31.7 Å². The molecule has 1 saturated heterocycles. The first-order valence-corrected chi connectivity index (χ1v) is 10.9. The highest BCUT2D eigenvalue weighted by Crippen LogP contribution is 2.37. The van der Waals surface area contributed by atoms with Gasteiger partial charge in [-0.3, -0.25) is 4.90 Å². The molecular weight excluding hydrogens is 383 g/mol.